The molecule has 22 heavy (non-hydrogen) atoms. The maximum Gasteiger partial charge on any atom is 0.273 e. The fourth-order valence-electron chi connectivity index (χ4n) is 3.22. The van der Waals surface area contributed by atoms with Crippen LogP contribution in [-0.4, -0.2) is 22.3 Å². The standard InChI is InChI=1S/C16H16ClN3O2/c17-13-14(19-20-8-9-22-16(13)20)15(21)18-12-7-3-5-10-4-1-2-6-11(10)12/h1-2,4,6,12H,3,5,7-9H2,(H,18,21). The molecule has 5 nitrogen and oxygen atoms in total. The Morgan fingerprint density at radius 1 is 1.41 bits per heavy atom. The number of aromatic nitrogens is 2. The van der Waals surface area contributed by atoms with Gasteiger partial charge in [0.2, 0.25) is 5.88 Å². The Morgan fingerprint density at radius 3 is 3.14 bits per heavy atom. The topological polar surface area (TPSA) is 56.2 Å². The number of fused-ring (bicyclic) bond motifs is 2. The van der Waals surface area contributed by atoms with Crippen LogP contribution in [0.5, 0.6) is 5.88 Å². The average molecular weight is 318 g/mol. The fourth-order valence-corrected chi connectivity index (χ4v) is 3.49. The lowest BCUT2D eigenvalue weighted by Crippen LogP contribution is -2.31. The SMILES string of the molecule is O=C(NC1CCCc2ccccc21)c1nn2c(c1Cl)OCC2. The number of hydrogen-bond acceptors (Lipinski definition) is 3. The van der Waals surface area contributed by atoms with E-state index in [2.05, 4.69) is 22.5 Å². The van der Waals surface area contributed by atoms with E-state index in [1.807, 2.05) is 12.1 Å². The van der Waals surface area contributed by atoms with Gasteiger partial charge in [0, 0.05) is 0 Å². The van der Waals surface area contributed by atoms with Gasteiger partial charge in [0.25, 0.3) is 5.91 Å². The Bertz CT molecular complexity index is 741. The lowest BCUT2D eigenvalue weighted by Gasteiger charge is -2.26. The molecule has 4 rings (SSSR count). The van der Waals surface area contributed by atoms with Gasteiger partial charge in [-0.15, -0.1) is 0 Å². The first kappa shape index (κ1) is 13.6. The lowest BCUT2D eigenvalue weighted by atomic mass is 9.88. The number of nitrogens with one attached hydrogen (secondary N) is 1. The summed E-state index contributed by atoms with van der Waals surface area (Å²) in [6, 6.07) is 8.27. The van der Waals surface area contributed by atoms with Crippen LogP contribution >= 0.6 is 11.6 Å². The Balaban J connectivity index is 1.58. The second kappa shape index (κ2) is 5.32. The molecule has 1 aliphatic heterocycles. The highest BCUT2D eigenvalue weighted by molar-refractivity contribution is 6.34. The van der Waals surface area contributed by atoms with Crippen molar-refractivity contribution in [1.29, 1.82) is 0 Å². The molecule has 1 aliphatic carbocycles. The van der Waals surface area contributed by atoms with E-state index in [0.29, 0.717) is 24.1 Å². The molecule has 1 unspecified atom stereocenters. The van der Waals surface area contributed by atoms with Crippen molar-refractivity contribution < 1.29 is 9.53 Å². The molecule has 114 valence electrons. The molecule has 0 spiro atoms. The van der Waals surface area contributed by atoms with Gasteiger partial charge in [-0.2, -0.15) is 5.10 Å². The molecule has 6 heteroatoms. The van der Waals surface area contributed by atoms with Crippen molar-refractivity contribution in [3.8, 4) is 5.88 Å². The quantitative estimate of drug-likeness (QED) is 0.926. The van der Waals surface area contributed by atoms with Crippen molar-refractivity contribution in [2.45, 2.75) is 31.8 Å². The van der Waals surface area contributed by atoms with Crippen LogP contribution in [0.3, 0.4) is 0 Å². The third-order valence-corrected chi connectivity index (χ3v) is 4.62. The molecular formula is C16H16ClN3O2. The van der Waals surface area contributed by atoms with Gasteiger partial charge >= 0.3 is 0 Å². The summed E-state index contributed by atoms with van der Waals surface area (Å²) in [6.45, 7) is 1.19. The third-order valence-electron chi connectivity index (χ3n) is 4.28. The van der Waals surface area contributed by atoms with E-state index in [1.165, 1.54) is 11.1 Å². The highest BCUT2D eigenvalue weighted by atomic mass is 35.5. The summed E-state index contributed by atoms with van der Waals surface area (Å²) in [5, 5.41) is 7.63. The van der Waals surface area contributed by atoms with Crippen molar-refractivity contribution in [1.82, 2.24) is 15.1 Å². The predicted molar refractivity (Wildman–Crippen MR) is 82.3 cm³/mol. The molecule has 1 N–H and O–H groups in total. The Kier molecular flexibility index (Phi) is 3.30. The van der Waals surface area contributed by atoms with E-state index >= 15 is 0 Å². The number of carbonyl (C=O) groups is 1. The third kappa shape index (κ3) is 2.16. The Hall–Kier alpha value is -2.01. The summed E-state index contributed by atoms with van der Waals surface area (Å²) < 4.78 is 7.04. The Morgan fingerprint density at radius 2 is 2.27 bits per heavy atom. The largest absolute Gasteiger partial charge is 0.475 e. The zero-order valence-electron chi connectivity index (χ0n) is 12.0. The lowest BCUT2D eigenvalue weighted by molar-refractivity contribution is 0.0926. The molecule has 1 aromatic heterocycles. The summed E-state index contributed by atoms with van der Waals surface area (Å²) in [4.78, 5) is 12.5. The zero-order valence-corrected chi connectivity index (χ0v) is 12.8. The number of rotatable bonds is 2. The first-order valence-corrected chi connectivity index (χ1v) is 7.89. The van der Waals surface area contributed by atoms with E-state index in [9.17, 15) is 4.79 Å². The molecule has 0 saturated carbocycles. The number of carbonyl (C=O) groups excluding carboxylic acids is 1. The molecule has 0 saturated heterocycles. The number of benzene rings is 1. The van der Waals surface area contributed by atoms with Gasteiger partial charge in [0.15, 0.2) is 5.69 Å². The summed E-state index contributed by atoms with van der Waals surface area (Å²) in [5.74, 6) is 0.257. The smallest absolute Gasteiger partial charge is 0.273 e. The second-order valence-electron chi connectivity index (χ2n) is 5.66. The van der Waals surface area contributed by atoms with Crippen LogP contribution in [0.4, 0.5) is 0 Å². The number of ether oxygens (including phenoxy) is 1. The van der Waals surface area contributed by atoms with Gasteiger partial charge in [-0.1, -0.05) is 35.9 Å². The molecule has 2 heterocycles. The first-order valence-electron chi connectivity index (χ1n) is 7.52. The minimum absolute atomic E-state index is 0.0194. The van der Waals surface area contributed by atoms with Crippen molar-refractivity contribution in [2.24, 2.45) is 0 Å². The van der Waals surface area contributed by atoms with E-state index in [1.54, 1.807) is 4.68 Å². The zero-order chi connectivity index (χ0) is 15.1. The van der Waals surface area contributed by atoms with Crippen LogP contribution < -0.4 is 10.1 Å². The average Bonchev–Trinajstić information content (AvgIpc) is 3.11. The number of aryl methyl sites for hydroxylation is 1. The van der Waals surface area contributed by atoms with Crippen molar-refractivity contribution in [3.05, 3.63) is 46.1 Å². The predicted octanol–water partition coefficient (Wildman–Crippen LogP) is 2.74. The van der Waals surface area contributed by atoms with Crippen molar-refractivity contribution in [2.75, 3.05) is 6.61 Å². The molecular weight excluding hydrogens is 302 g/mol. The summed E-state index contributed by atoms with van der Waals surface area (Å²) in [7, 11) is 0. The van der Waals surface area contributed by atoms with Gasteiger partial charge in [0.1, 0.15) is 11.6 Å². The monoisotopic (exact) mass is 317 g/mol. The number of nitrogens with zero attached hydrogens (tertiary/aromatic N) is 2. The van der Waals surface area contributed by atoms with E-state index in [4.69, 9.17) is 16.3 Å². The molecule has 1 aromatic carbocycles. The van der Waals surface area contributed by atoms with Gasteiger partial charge in [0.05, 0.1) is 12.6 Å². The number of hydrogen-bond donors (Lipinski definition) is 1. The summed E-state index contributed by atoms with van der Waals surface area (Å²) in [5.41, 5.74) is 2.75. The highest BCUT2D eigenvalue weighted by Crippen LogP contribution is 2.33. The van der Waals surface area contributed by atoms with E-state index in [-0.39, 0.29) is 17.6 Å². The molecule has 0 fully saturated rings. The van der Waals surface area contributed by atoms with Gasteiger partial charge < -0.3 is 10.1 Å². The fraction of sp³-hybridized carbons (Fsp3) is 0.375. The van der Waals surface area contributed by atoms with Crippen LogP contribution in [-0.2, 0) is 13.0 Å². The van der Waals surface area contributed by atoms with E-state index < -0.39 is 0 Å². The van der Waals surface area contributed by atoms with Crippen molar-refractivity contribution >= 4 is 17.5 Å². The van der Waals surface area contributed by atoms with Gasteiger partial charge in [-0.05, 0) is 30.4 Å². The van der Waals surface area contributed by atoms with Crippen LogP contribution in [0.1, 0.15) is 40.5 Å². The highest BCUT2D eigenvalue weighted by Gasteiger charge is 2.28. The first-order chi connectivity index (χ1) is 10.7. The number of amides is 1. The maximum atomic E-state index is 12.5. The summed E-state index contributed by atoms with van der Waals surface area (Å²) >= 11 is 6.21. The minimum Gasteiger partial charge on any atom is -0.475 e. The van der Waals surface area contributed by atoms with Crippen LogP contribution in [0.15, 0.2) is 24.3 Å². The molecule has 2 aromatic rings. The summed E-state index contributed by atoms with van der Waals surface area (Å²) in [6.07, 6.45) is 3.07. The number of halogens is 1. The molecule has 1 amide bonds. The van der Waals surface area contributed by atoms with Crippen molar-refractivity contribution in [3.63, 3.8) is 0 Å². The Labute approximate surface area is 133 Å². The van der Waals surface area contributed by atoms with Crippen LogP contribution in [0.2, 0.25) is 5.02 Å². The van der Waals surface area contributed by atoms with Crippen LogP contribution in [0.25, 0.3) is 0 Å². The second-order valence-corrected chi connectivity index (χ2v) is 6.03. The van der Waals surface area contributed by atoms with E-state index in [0.717, 1.165) is 19.3 Å². The molecule has 1 atom stereocenters. The minimum atomic E-state index is -0.239. The van der Waals surface area contributed by atoms with Gasteiger partial charge in [-0.3, -0.25) is 4.79 Å². The molecule has 0 radical (unpaired) electrons. The molecule has 0 bridgehead atoms. The molecule has 2 aliphatic rings. The normalized spacial score (nSPS) is 19.2. The maximum absolute atomic E-state index is 12.5. The van der Waals surface area contributed by atoms with Gasteiger partial charge in [-0.25, -0.2) is 4.68 Å². The van der Waals surface area contributed by atoms with Crippen LogP contribution in [0, 0.1) is 0 Å².